The topological polar surface area (TPSA) is 28.2 Å². The minimum absolute atomic E-state index is 0.420. The minimum atomic E-state index is 0.420. The molecule has 3 nitrogen and oxygen atoms in total. The third-order valence-corrected chi connectivity index (χ3v) is 5.49. The van der Waals surface area contributed by atoms with Crippen LogP contribution in [0, 0.1) is 0 Å². The molecule has 0 aliphatic carbocycles. The monoisotopic (exact) mass is 335 g/mol. The molecule has 1 aliphatic rings. The summed E-state index contributed by atoms with van der Waals surface area (Å²) in [6.07, 6.45) is 3.78. The number of nitrogens with one attached hydrogen (secondary N) is 1. The molecule has 3 aromatic rings. The molecule has 1 saturated heterocycles. The van der Waals surface area contributed by atoms with Gasteiger partial charge in [-0.3, -0.25) is 9.88 Å². The van der Waals surface area contributed by atoms with Gasteiger partial charge >= 0.3 is 0 Å². The molecule has 0 bridgehead atoms. The van der Waals surface area contributed by atoms with Crippen LogP contribution in [0.15, 0.2) is 66.3 Å². The molecule has 0 saturated carbocycles. The van der Waals surface area contributed by atoms with E-state index in [0.29, 0.717) is 6.04 Å². The van der Waals surface area contributed by atoms with Gasteiger partial charge in [0.1, 0.15) is 0 Å². The van der Waals surface area contributed by atoms with Crippen molar-refractivity contribution in [1.29, 1.82) is 0 Å². The van der Waals surface area contributed by atoms with Gasteiger partial charge in [-0.1, -0.05) is 30.3 Å². The highest BCUT2D eigenvalue weighted by Gasteiger charge is 2.24. The van der Waals surface area contributed by atoms with Gasteiger partial charge in [0.05, 0.1) is 0 Å². The fourth-order valence-electron chi connectivity index (χ4n) is 3.30. The zero-order chi connectivity index (χ0) is 16.2. The van der Waals surface area contributed by atoms with Crippen LogP contribution in [0.25, 0.3) is 11.1 Å². The van der Waals surface area contributed by atoms with Crippen molar-refractivity contribution in [2.45, 2.75) is 12.6 Å². The molecular weight excluding hydrogens is 314 g/mol. The highest BCUT2D eigenvalue weighted by atomic mass is 32.1. The Bertz CT molecular complexity index is 770. The molecule has 1 N–H and O–H groups in total. The van der Waals surface area contributed by atoms with E-state index in [-0.39, 0.29) is 0 Å². The van der Waals surface area contributed by atoms with E-state index in [2.05, 4.69) is 69.1 Å². The lowest BCUT2D eigenvalue weighted by atomic mass is 10.0. The Morgan fingerprint density at radius 1 is 1.08 bits per heavy atom. The molecule has 1 aromatic carbocycles. The summed E-state index contributed by atoms with van der Waals surface area (Å²) in [6, 6.07) is 17.6. The Morgan fingerprint density at radius 2 is 1.92 bits per heavy atom. The molecule has 0 amide bonds. The SMILES string of the molecule is c1ccc(-c2csc(CN3CCNCC3c3ccncc3)c2)cc1. The molecule has 1 fully saturated rings. The molecular formula is C20H21N3S. The van der Waals surface area contributed by atoms with Crippen molar-refractivity contribution < 1.29 is 0 Å². The van der Waals surface area contributed by atoms with Gasteiger partial charge in [0, 0.05) is 49.5 Å². The maximum atomic E-state index is 4.15. The summed E-state index contributed by atoms with van der Waals surface area (Å²) < 4.78 is 0. The summed E-state index contributed by atoms with van der Waals surface area (Å²) in [4.78, 5) is 8.15. The van der Waals surface area contributed by atoms with Gasteiger partial charge in [-0.05, 0) is 40.3 Å². The van der Waals surface area contributed by atoms with Crippen LogP contribution < -0.4 is 5.32 Å². The third-order valence-electron chi connectivity index (χ3n) is 4.56. The summed E-state index contributed by atoms with van der Waals surface area (Å²) >= 11 is 1.86. The van der Waals surface area contributed by atoms with Crippen LogP contribution >= 0.6 is 11.3 Å². The van der Waals surface area contributed by atoms with Crippen LogP contribution in [0.5, 0.6) is 0 Å². The zero-order valence-electron chi connectivity index (χ0n) is 13.6. The van der Waals surface area contributed by atoms with Gasteiger partial charge in [-0.2, -0.15) is 0 Å². The second kappa shape index (κ2) is 7.26. The Kier molecular flexibility index (Phi) is 4.69. The first kappa shape index (κ1) is 15.5. The van der Waals surface area contributed by atoms with Crippen molar-refractivity contribution in [3.05, 3.63) is 76.7 Å². The second-order valence-electron chi connectivity index (χ2n) is 6.14. The molecule has 4 rings (SSSR count). The van der Waals surface area contributed by atoms with Gasteiger partial charge in [0.2, 0.25) is 0 Å². The lowest BCUT2D eigenvalue weighted by molar-refractivity contribution is 0.155. The zero-order valence-corrected chi connectivity index (χ0v) is 14.4. The van der Waals surface area contributed by atoms with Crippen LogP contribution in [-0.2, 0) is 6.54 Å². The number of pyridine rings is 1. The predicted octanol–water partition coefficient (Wildman–Crippen LogP) is 3.96. The van der Waals surface area contributed by atoms with Crippen molar-refractivity contribution in [2.24, 2.45) is 0 Å². The van der Waals surface area contributed by atoms with E-state index < -0.39 is 0 Å². The van der Waals surface area contributed by atoms with Gasteiger partial charge in [-0.15, -0.1) is 11.3 Å². The maximum absolute atomic E-state index is 4.15. The number of hydrogen-bond acceptors (Lipinski definition) is 4. The number of piperazine rings is 1. The van der Waals surface area contributed by atoms with E-state index in [1.807, 2.05) is 23.7 Å². The molecule has 1 atom stereocenters. The summed E-state index contributed by atoms with van der Waals surface area (Å²) in [5.41, 5.74) is 3.97. The number of nitrogens with zero attached hydrogens (tertiary/aromatic N) is 2. The van der Waals surface area contributed by atoms with Crippen LogP contribution in [0.3, 0.4) is 0 Å². The van der Waals surface area contributed by atoms with E-state index in [4.69, 9.17) is 0 Å². The van der Waals surface area contributed by atoms with Crippen molar-refractivity contribution >= 4 is 11.3 Å². The van der Waals surface area contributed by atoms with Gasteiger partial charge in [0.25, 0.3) is 0 Å². The molecule has 122 valence electrons. The Morgan fingerprint density at radius 3 is 2.75 bits per heavy atom. The lowest BCUT2D eigenvalue weighted by Gasteiger charge is -2.36. The molecule has 0 spiro atoms. The first-order valence-corrected chi connectivity index (χ1v) is 9.25. The largest absolute Gasteiger partial charge is 0.314 e. The number of hydrogen-bond donors (Lipinski definition) is 1. The van der Waals surface area contributed by atoms with E-state index in [1.54, 1.807) is 0 Å². The predicted molar refractivity (Wildman–Crippen MR) is 100 cm³/mol. The summed E-state index contributed by atoms with van der Waals surface area (Å²) in [7, 11) is 0. The molecule has 2 aromatic heterocycles. The van der Waals surface area contributed by atoms with Gasteiger partial charge < -0.3 is 5.32 Å². The fraction of sp³-hybridized carbons (Fsp3) is 0.250. The van der Waals surface area contributed by atoms with Gasteiger partial charge in [0.15, 0.2) is 0 Å². The average molecular weight is 335 g/mol. The summed E-state index contributed by atoms with van der Waals surface area (Å²) in [5.74, 6) is 0. The van der Waals surface area contributed by atoms with E-state index in [9.17, 15) is 0 Å². The molecule has 1 unspecified atom stereocenters. The molecule has 4 heteroatoms. The maximum Gasteiger partial charge on any atom is 0.0478 e. The van der Waals surface area contributed by atoms with Crippen molar-refractivity contribution in [1.82, 2.24) is 15.2 Å². The number of rotatable bonds is 4. The molecule has 24 heavy (non-hydrogen) atoms. The third kappa shape index (κ3) is 3.41. The van der Waals surface area contributed by atoms with E-state index >= 15 is 0 Å². The van der Waals surface area contributed by atoms with E-state index in [0.717, 1.165) is 26.2 Å². The normalized spacial score (nSPS) is 18.6. The van der Waals surface area contributed by atoms with Crippen LogP contribution in [-0.4, -0.2) is 29.5 Å². The number of benzene rings is 1. The summed E-state index contributed by atoms with van der Waals surface area (Å²) in [6.45, 7) is 4.14. The van der Waals surface area contributed by atoms with E-state index in [1.165, 1.54) is 21.6 Å². The van der Waals surface area contributed by atoms with Crippen LogP contribution in [0.4, 0.5) is 0 Å². The lowest BCUT2D eigenvalue weighted by Crippen LogP contribution is -2.45. The Labute approximate surface area is 147 Å². The highest BCUT2D eigenvalue weighted by Crippen LogP contribution is 2.29. The first-order chi connectivity index (χ1) is 11.9. The van der Waals surface area contributed by atoms with Crippen LogP contribution in [0.2, 0.25) is 0 Å². The molecule has 1 aliphatic heterocycles. The van der Waals surface area contributed by atoms with Gasteiger partial charge in [-0.25, -0.2) is 0 Å². The summed E-state index contributed by atoms with van der Waals surface area (Å²) in [5, 5.41) is 5.79. The number of thiophene rings is 1. The van der Waals surface area contributed by atoms with Crippen LogP contribution in [0.1, 0.15) is 16.5 Å². The highest BCUT2D eigenvalue weighted by molar-refractivity contribution is 7.10. The molecule has 3 heterocycles. The van der Waals surface area contributed by atoms with Crippen molar-refractivity contribution in [2.75, 3.05) is 19.6 Å². The quantitative estimate of drug-likeness (QED) is 0.782. The number of aromatic nitrogens is 1. The Hall–Kier alpha value is -2.01. The Balaban J connectivity index is 1.52. The standard InChI is InChI=1S/C20H21N3S/c1-2-4-16(5-3-1)18-12-19(24-15-18)14-23-11-10-22-13-20(23)17-6-8-21-9-7-17/h1-9,12,15,20,22H,10-11,13-14H2. The van der Waals surface area contributed by atoms with Crippen molar-refractivity contribution in [3.63, 3.8) is 0 Å². The average Bonchev–Trinajstić information content (AvgIpc) is 3.12. The second-order valence-corrected chi connectivity index (χ2v) is 7.13. The first-order valence-electron chi connectivity index (χ1n) is 8.38. The molecule has 0 radical (unpaired) electrons. The smallest absolute Gasteiger partial charge is 0.0478 e. The van der Waals surface area contributed by atoms with Crippen molar-refractivity contribution in [3.8, 4) is 11.1 Å². The minimum Gasteiger partial charge on any atom is -0.314 e. The fourth-order valence-corrected chi connectivity index (χ4v) is 4.21.